The van der Waals surface area contributed by atoms with Gasteiger partial charge in [0.15, 0.2) is 0 Å². The summed E-state index contributed by atoms with van der Waals surface area (Å²) in [5, 5.41) is 0. The van der Waals surface area contributed by atoms with Gasteiger partial charge in [-0.15, -0.1) is 0 Å². The van der Waals surface area contributed by atoms with E-state index in [0.29, 0.717) is 0 Å². The van der Waals surface area contributed by atoms with Gasteiger partial charge in [-0.05, 0) is 0 Å². The van der Waals surface area contributed by atoms with Crippen molar-refractivity contribution in [1.29, 1.82) is 0 Å². The first-order valence-electron chi connectivity index (χ1n) is 13.2. The van der Waals surface area contributed by atoms with Gasteiger partial charge >= 0.3 is 182 Å². The van der Waals surface area contributed by atoms with E-state index in [9.17, 15) is 0 Å². The van der Waals surface area contributed by atoms with E-state index in [-0.39, 0.29) is 0 Å². The van der Waals surface area contributed by atoms with Gasteiger partial charge in [0.05, 0.1) is 0 Å². The predicted octanol–water partition coefficient (Wildman–Crippen LogP) is 10.5. The molecule has 0 N–H and O–H groups in total. The first kappa shape index (κ1) is 28.6. The zero-order valence-electron chi connectivity index (χ0n) is 20.4. The molecule has 0 aromatic carbocycles. The molecule has 0 aromatic heterocycles. The summed E-state index contributed by atoms with van der Waals surface area (Å²) in [6.45, 7) is 8.23. The average molecular weight is 431 g/mol. The SMILES string of the molecule is CC=P[PH](CCCCCCCC)(CCCCCCCC)CCCCCCCC. The Morgan fingerprint density at radius 1 is 0.464 bits per heavy atom. The first-order valence-corrected chi connectivity index (χ1v) is 17.7. The Balaban J connectivity index is 4.44. The Morgan fingerprint density at radius 3 is 1.04 bits per heavy atom. The molecular formula is C26H56P2. The van der Waals surface area contributed by atoms with E-state index < -0.39 is 6.95 Å². The van der Waals surface area contributed by atoms with Crippen molar-refractivity contribution in [3.05, 3.63) is 0 Å². The van der Waals surface area contributed by atoms with Gasteiger partial charge in [-0.2, -0.15) is 0 Å². The van der Waals surface area contributed by atoms with Crippen molar-refractivity contribution in [2.75, 3.05) is 18.5 Å². The number of unbranched alkanes of at least 4 members (excludes halogenated alkanes) is 15. The van der Waals surface area contributed by atoms with Crippen molar-refractivity contribution in [3.8, 4) is 0 Å². The van der Waals surface area contributed by atoms with Crippen LogP contribution in [0.25, 0.3) is 0 Å². The molecule has 0 amide bonds. The van der Waals surface area contributed by atoms with Crippen molar-refractivity contribution >= 4 is 20.6 Å². The maximum atomic E-state index is 2.53. The summed E-state index contributed by atoms with van der Waals surface area (Å²) in [5.74, 6) is 2.53. The molecule has 28 heavy (non-hydrogen) atoms. The maximum absolute atomic E-state index is 2.53. The monoisotopic (exact) mass is 430 g/mol. The Labute approximate surface area is 182 Å². The molecule has 170 valence electrons. The molecule has 0 aliphatic heterocycles. The summed E-state index contributed by atoms with van der Waals surface area (Å²) in [7, 11) is 1.78. The molecule has 0 rings (SSSR count). The van der Waals surface area contributed by atoms with E-state index in [1.807, 2.05) is 0 Å². The van der Waals surface area contributed by atoms with E-state index in [2.05, 4.69) is 33.5 Å². The third-order valence-corrected chi connectivity index (χ3v) is 15.5. The van der Waals surface area contributed by atoms with Crippen LogP contribution in [0.3, 0.4) is 0 Å². The third kappa shape index (κ3) is 17.5. The van der Waals surface area contributed by atoms with Gasteiger partial charge in [0.2, 0.25) is 0 Å². The topological polar surface area (TPSA) is 0 Å². The van der Waals surface area contributed by atoms with Crippen LogP contribution in [-0.4, -0.2) is 24.3 Å². The second-order valence-corrected chi connectivity index (χ2v) is 17.5. The van der Waals surface area contributed by atoms with Crippen molar-refractivity contribution in [3.63, 3.8) is 0 Å². The zero-order chi connectivity index (χ0) is 20.8. The van der Waals surface area contributed by atoms with Gasteiger partial charge in [0, 0.05) is 0 Å². The fourth-order valence-corrected chi connectivity index (χ4v) is 13.2. The van der Waals surface area contributed by atoms with E-state index in [1.54, 1.807) is 26.4 Å². The van der Waals surface area contributed by atoms with Gasteiger partial charge in [0.1, 0.15) is 0 Å². The number of rotatable bonds is 22. The molecule has 0 aliphatic carbocycles. The standard InChI is InChI=1S/C26H56P2/c1-5-9-12-15-18-21-24-28(27-8-4,25-22-19-16-13-10-6-2)26-23-20-17-14-11-7-3/h8,28H,5-7,9-26H2,1-4H3. The number of hydrogen-bond donors (Lipinski definition) is 0. The molecule has 0 radical (unpaired) electrons. The first-order chi connectivity index (χ1) is 13.7. The van der Waals surface area contributed by atoms with Crippen molar-refractivity contribution < 1.29 is 0 Å². The molecule has 0 nitrogen and oxygen atoms in total. The van der Waals surface area contributed by atoms with Crippen LogP contribution >= 0.6 is 14.8 Å². The number of hydrogen-bond acceptors (Lipinski definition) is 0. The second kappa shape index (κ2) is 22.3. The van der Waals surface area contributed by atoms with E-state index >= 15 is 0 Å². The normalized spacial score (nSPS) is 12.9. The summed E-state index contributed by atoms with van der Waals surface area (Å²) in [4.78, 5) is 0. The molecule has 2 heteroatoms. The summed E-state index contributed by atoms with van der Waals surface area (Å²) >= 11 is 0. The van der Waals surface area contributed by atoms with Crippen molar-refractivity contribution in [2.45, 2.75) is 143 Å². The van der Waals surface area contributed by atoms with Crippen LogP contribution in [0.4, 0.5) is 0 Å². The summed E-state index contributed by atoms with van der Waals surface area (Å²) in [5.41, 5.74) is 0. The molecule has 0 heterocycles. The quantitative estimate of drug-likeness (QED) is 0.118. The van der Waals surface area contributed by atoms with Gasteiger partial charge in [-0.3, -0.25) is 0 Å². The van der Waals surface area contributed by atoms with E-state index in [0.717, 1.165) is 0 Å². The van der Waals surface area contributed by atoms with E-state index in [1.165, 1.54) is 116 Å². The van der Waals surface area contributed by atoms with E-state index in [4.69, 9.17) is 0 Å². The Morgan fingerprint density at radius 2 is 0.750 bits per heavy atom. The van der Waals surface area contributed by atoms with Gasteiger partial charge in [-0.1, -0.05) is 0 Å². The van der Waals surface area contributed by atoms with Crippen LogP contribution in [0.5, 0.6) is 0 Å². The molecule has 0 aromatic rings. The Kier molecular flexibility index (Phi) is 22.8. The average Bonchev–Trinajstić information content (AvgIpc) is 2.70. The molecule has 0 aliphatic rings. The minimum atomic E-state index is -1.08. The van der Waals surface area contributed by atoms with Crippen LogP contribution in [-0.2, 0) is 0 Å². The Hall–Kier alpha value is 0.600. The fourth-order valence-electron chi connectivity index (χ4n) is 4.55. The minimum absolute atomic E-state index is 1.08. The van der Waals surface area contributed by atoms with Gasteiger partial charge in [-0.25, -0.2) is 0 Å². The van der Waals surface area contributed by atoms with Crippen LogP contribution in [0.15, 0.2) is 0 Å². The summed E-state index contributed by atoms with van der Waals surface area (Å²) in [6.07, 6.45) is 31.3. The van der Waals surface area contributed by atoms with Crippen LogP contribution in [0.2, 0.25) is 0 Å². The molecular weight excluding hydrogens is 374 g/mol. The molecule has 0 atom stereocenters. The second-order valence-electron chi connectivity index (χ2n) is 9.16. The predicted molar refractivity (Wildman–Crippen MR) is 142 cm³/mol. The Bertz CT molecular complexity index is 284. The van der Waals surface area contributed by atoms with Gasteiger partial charge < -0.3 is 0 Å². The van der Waals surface area contributed by atoms with Crippen molar-refractivity contribution in [1.82, 2.24) is 0 Å². The molecule has 0 fully saturated rings. The molecule has 0 unspecified atom stereocenters. The van der Waals surface area contributed by atoms with Crippen LogP contribution < -0.4 is 0 Å². The van der Waals surface area contributed by atoms with Crippen molar-refractivity contribution in [2.24, 2.45) is 0 Å². The zero-order valence-corrected chi connectivity index (χ0v) is 22.3. The molecule has 0 saturated carbocycles. The van der Waals surface area contributed by atoms with Gasteiger partial charge in [0.25, 0.3) is 0 Å². The molecule has 0 saturated heterocycles. The molecule has 0 bridgehead atoms. The van der Waals surface area contributed by atoms with Crippen LogP contribution in [0.1, 0.15) is 143 Å². The van der Waals surface area contributed by atoms with Crippen LogP contribution in [0, 0.1) is 0 Å². The summed E-state index contributed by atoms with van der Waals surface area (Å²) < 4.78 is 0. The third-order valence-electron chi connectivity index (χ3n) is 6.39. The fraction of sp³-hybridized carbons (Fsp3) is 0.962. The molecule has 0 spiro atoms. The summed E-state index contributed by atoms with van der Waals surface area (Å²) in [6, 6.07) is 0.